The average molecular weight is 362 g/mol. The normalized spacial score (nSPS) is 12.1. The molecule has 4 nitrogen and oxygen atoms in total. The molecule has 140 valence electrons. The van der Waals surface area contributed by atoms with Gasteiger partial charge in [-0.05, 0) is 44.0 Å². The molecule has 0 bridgehead atoms. The summed E-state index contributed by atoms with van der Waals surface area (Å²) in [6.07, 6.45) is 3.08. The molecule has 0 saturated carbocycles. The van der Waals surface area contributed by atoms with Gasteiger partial charge in [-0.25, -0.2) is 4.98 Å². The molecule has 0 radical (unpaired) electrons. The lowest BCUT2D eigenvalue weighted by atomic mass is 9.78. The number of aryl methyl sites for hydroxylation is 1. The van der Waals surface area contributed by atoms with Gasteiger partial charge in [-0.1, -0.05) is 55.8 Å². The van der Waals surface area contributed by atoms with Crippen molar-refractivity contribution in [1.29, 1.82) is 0 Å². The number of nitrogens with zero attached hydrogens (tertiary/aromatic N) is 2. The van der Waals surface area contributed by atoms with Gasteiger partial charge in [-0.3, -0.25) is 4.98 Å². The first-order valence-electron chi connectivity index (χ1n) is 9.07. The smallest absolute Gasteiger partial charge is 0.238 e. The number of ether oxygens (including phenoxy) is 1. The van der Waals surface area contributed by atoms with Crippen LogP contribution in [0.15, 0.2) is 60.9 Å². The maximum Gasteiger partial charge on any atom is 0.238 e. The fourth-order valence-corrected chi connectivity index (χ4v) is 2.89. The zero-order valence-corrected chi connectivity index (χ0v) is 16.5. The molecule has 4 heteroatoms. The van der Waals surface area contributed by atoms with Crippen LogP contribution < -0.4 is 4.74 Å². The van der Waals surface area contributed by atoms with Crippen LogP contribution in [0.1, 0.15) is 50.1 Å². The molecule has 0 aliphatic heterocycles. The molecular formula is C23H26N2O2. The topological polar surface area (TPSA) is 55.2 Å². The van der Waals surface area contributed by atoms with E-state index in [1.165, 1.54) is 16.7 Å². The van der Waals surface area contributed by atoms with E-state index in [1.54, 1.807) is 26.2 Å². The SMILES string of the molecule is Cc1ccc(C(C)(C)c2ccc(Oc3cncc(C(C)(C)O)n3)cc2)cc1. The third-order valence-electron chi connectivity index (χ3n) is 4.81. The van der Waals surface area contributed by atoms with E-state index in [9.17, 15) is 5.11 Å². The van der Waals surface area contributed by atoms with Crippen molar-refractivity contribution in [1.82, 2.24) is 9.97 Å². The van der Waals surface area contributed by atoms with Crippen LogP contribution in [0, 0.1) is 6.92 Å². The van der Waals surface area contributed by atoms with Crippen LogP contribution in [0.2, 0.25) is 0 Å². The first kappa shape index (κ1) is 19.1. The van der Waals surface area contributed by atoms with E-state index in [2.05, 4.69) is 67.1 Å². The summed E-state index contributed by atoms with van der Waals surface area (Å²) >= 11 is 0. The van der Waals surface area contributed by atoms with Crippen LogP contribution in [-0.4, -0.2) is 15.1 Å². The minimum absolute atomic E-state index is 0.104. The predicted molar refractivity (Wildman–Crippen MR) is 107 cm³/mol. The van der Waals surface area contributed by atoms with Gasteiger partial charge in [0.1, 0.15) is 11.4 Å². The van der Waals surface area contributed by atoms with Crippen molar-refractivity contribution in [3.63, 3.8) is 0 Å². The van der Waals surface area contributed by atoms with Gasteiger partial charge >= 0.3 is 0 Å². The lowest BCUT2D eigenvalue weighted by Gasteiger charge is -2.26. The van der Waals surface area contributed by atoms with Gasteiger partial charge in [0.15, 0.2) is 0 Å². The number of benzene rings is 2. The fourth-order valence-electron chi connectivity index (χ4n) is 2.89. The second-order valence-corrected chi connectivity index (χ2v) is 7.92. The molecule has 0 amide bonds. The lowest BCUT2D eigenvalue weighted by molar-refractivity contribution is 0.0728. The van der Waals surface area contributed by atoms with E-state index in [0.717, 1.165) is 0 Å². The summed E-state index contributed by atoms with van der Waals surface area (Å²) in [6, 6.07) is 16.7. The fraction of sp³-hybridized carbons (Fsp3) is 0.304. The summed E-state index contributed by atoms with van der Waals surface area (Å²) < 4.78 is 5.82. The number of rotatable bonds is 5. The molecule has 0 unspecified atom stereocenters. The van der Waals surface area contributed by atoms with Crippen molar-refractivity contribution < 1.29 is 9.84 Å². The average Bonchev–Trinajstić information content (AvgIpc) is 2.62. The molecule has 2 aromatic carbocycles. The van der Waals surface area contributed by atoms with E-state index >= 15 is 0 Å². The minimum atomic E-state index is -1.06. The van der Waals surface area contributed by atoms with Crippen molar-refractivity contribution in [3.05, 3.63) is 83.3 Å². The summed E-state index contributed by atoms with van der Waals surface area (Å²) in [4.78, 5) is 8.43. The summed E-state index contributed by atoms with van der Waals surface area (Å²) in [5.74, 6) is 1.04. The molecule has 3 aromatic rings. The summed E-state index contributed by atoms with van der Waals surface area (Å²) in [5.41, 5.74) is 3.03. The standard InChI is InChI=1S/C23H26N2O2/c1-16-6-8-17(9-7-16)22(2,3)18-10-12-19(13-11-18)27-21-15-24-14-20(25-21)23(4,5)26/h6-15,26H,1-5H3. The number of aromatic nitrogens is 2. The zero-order valence-electron chi connectivity index (χ0n) is 16.5. The first-order valence-corrected chi connectivity index (χ1v) is 9.07. The van der Waals surface area contributed by atoms with Crippen LogP contribution in [0.3, 0.4) is 0 Å². The van der Waals surface area contributed by atoms with E-state index in [4.69, 9.17) is 4.74 Å². The quantitative estimate of drug-likeness (QED) is 0.683. The molecule has 0 saturated heterocycles. The Kier molecular flexibility index (Phi) is 5.03. The van der Waals surface area contributed by atoms with Crippen molar-refractivity contribution in [2.24, 2.45) is 0 Å². The van der Waals surface area contributed by atoms with Gasteiger partial charge in [-0.15, -0.1) is 0 Å². The van der Waals surface area contributed by atoms with Crippen molar-refractivity contribution >= 4 is 0 Å². The van der Waals surface area contributed by atoms with Gasteiger partial charge in [-0.2, -0.15) is 0 Å². The maximum atomic E-state index is 10.1. The summed E-state index contributed by atoms with van der Waals surface area (Å²) in [7, 11) is 0. The highest BCUT2D eigenvalue weighted by molar-refractivity contribution is 5.41. The van der Waals surface area contributed by atoms with E-state index in [1.807, 2.05) is 12.1 Å². The van der Waals surface area contributed by atoms with E-state index in [-0.39, 0.29) is 5.41 Å². The molecule has 27 heavy (non-hydrogen) atoms. The molecule has 1 aromatic heterocycles. The Labute approximate surface area is 160 Å². The molecule has 1 heterocycles. The second-order valence-electron chi connectivity index (χ2n) is 7.92. The Balaban J connectivity index is 1.80. The van der Waals surface area contributed by atoms with Crippen molar-refractivity contribution in [2.75, 3.05) is 0 Å². The van der Waals surface area contributed by atoms with Crippen LogP contribution in [0.5, 0.6) is 11.6 Å². The minimum Gasteiger partial charge on any atom is -0.437 e. The maximum absolute atomic E-state index is 10.1. The number of hydrogen-bond donors (Lipinski definition) is 1. The van der Waals surface area contributed by atoms with Gasteiger partial charge in [0.2, 0.25) is 5.88 Å². The van der Waals surface area contributed by atoms with Gasteiger partial charge in [0.25, 0.3) is 0 Å². The second kappa shape index (κ2) is 7.12. The van der Waals surface area contributed by atoms with E-state index in [0.29, 0.717) is 17.3 Å². The summed E-state index contributed by atoms with van der Waals surface area (Å²) in [6.45, 7) is 9.86. The molecule has 1 N–H and O–H groups in total. The Bertz CT molecular complexity index is 908. The van der Waals surface area contributed by atoms with Crippen LogP contribution >= 0.6 is 0 Å². The van der Waals surface area contributed by atoms with Gasteiger partial charge in [0, 0.05) is 5.41 Å². The molecule has 0 spiro atoms. The van der Waals surface area contributed by atoms with Crippen LogP contribution in [0.4, 0.5) is 0 Å². The largest absolute Gasteiger partial charge is 0.437 e. The first-order chi connectivity index (χ1) is 12.7. The Hall–Kier alpha value is -2.72. The molecule has 0 fully saturated rings. The molecule has 3 rings (SSSR count). The van der Waals surface area contributed by atoms with Gasteiger partial charge < -0.3 is 9.84 Å². The van der Waals surface area contributed by atoms with E-state index < -0.39 is 5.60 Å². The molecular weight excluding hydrogens is 336 g/mol. The third kappa shape index (κ3) is 4.34. The van der Waals surface area contributed by atoms with Crippen LogP contribution in [-0.2, 0) is 11.0 Å². The summed E-state index contributed by atoms with van der Waals surface area (Å²) in [5, 5.41) is 10.1. The van der Waals surface area contributed by atoms with Crippen molar-refractivity contribution in [3.8, 4) is 11.6 Å². The van der Waals surface area contributed by atoms with Crippen molar-refractivity contribution in [2.45, 2.75) is 45.6 Å². The Morgan fingerprint density at radius 2 is 1.37 bits per heavy atom. The Morgan fingerprint density at radius 3 is 1.93 bits per heavy atom. The molecule has 0 aliphatic rings. The zero-order chi connectivity index (χ0) is 19.7. The number of hydrogen-bond acceptors (Lipinski definition) is 4. The highest BCUT2D eigenvalue weighted by Gasteiger charge is 2.23. The van der Waals surface area contributed by atoms with Gasteiger partial charge in [0.05, 0.1) is 18.1 Å². The third-order valence-corrected chi connectivity index (χ3v) is 4.81. The monoisotopic (exact) mass is 362 g/mol. The molecule has 0 aliphatic carbocycles. The predicted octanol–water partition coefficient (Wildman–Crippen LogP) is 5.13. The molecule has 0 atom stereocenters. The Morgan fingerprint density at radius 1 is 0.815 bits per heavy atom. The van der Waals surface area contributed by atoms with Crippen LogP contribution in [0.25, 0.3) is 0 Å². The highest BCUT2D eigenvalue weighted by Crippen LogP contribution is 2.33. The number of aliphatic hydroxyl groups is 1. The highest BCUT2D eigenvalue weighted by atomic mass is 16.5. The lowest BCUT2D eigenvalue weighted by Crippen LogP contribution is -2.18.